The first kappa shape index (κ1) is 17.5. The molecule has 0 aromatic carbocycles. The van der Waals surface area contributed by atoms with Crippen LogP contribution in [0.2, 0.25) is 0 Å². The molecular weight excluding hydrogens is 287 g/mol. The van der Waals surface area contributed by atoms with Gasteiger partial charge < -0.3 is 5.11 Å². The zero-order chi connectivity index (χ0) is 16.7. The van der Waals surface area contributed by atoms with Gasteiger partial charge in [-0.15, -0.1) is 0 Å². The van der Waals surface area contributed by atoms with Crippen molar-refractivity contribution in [3.63, 3.8) is 0 Å². The Bertz CT molecular complexity index is 455. The van der Waals surface area contributed by atoms with Crippen molar-refractivity contribution in [2.75, 3.05) is 0 Å². The van der Waals surface area contributed by atoms with Crippen molar-refractivity contribution >= 4 is 0 Å². The fourth-order valence-electron chi connectivity index (χ4n) is 6.28. The Morgan fingerprint density at radius 2 is 1.87 bits per heavy atom. The van der Waals surface area contributed by atoms with E-state index in [1.165, 1.54) is 32.1 Å². The van der Waals surface area contributed by atoms with Crippen LogP contribution in [0.15, 0.2) is 11.6 Å². The van der Waals surface area contributed by atoms with E-state index in [9.17, 15) is 9.50 Å². The van der Waals surface area contributed by atoms with E-state index < -0.39 is 11.8 Å². The minimum atomic E-state index is -0.834. The van der Waals surface area contributed by atoms with Crippen molar-refractivity contribution in [1.82, 2.24) is 0 Å². The van der Waals surface area contributed by atoms with Crippen LogP contribution in [-0.4, -0.2) is 16.9 Å². The number of halogens is 1. The molecule has 0 aromatic heterocycles. The van der Waals surface area contributed by atoms with Gasteiger partial charge in [-0.25, -0.2) is 4.39 Å². The molecule has 0 bridgehead atoms. The van der Waals surface area contributed by atoms with Gasteiger partial charge in [-0.1, -0.05) is 31.4 Å². The maximum atomic E-state index is 14.4. The summed E-state index contributed by atoms with van der Waals surface area (Å²) in [4.78, 5) is 0. The molecular formula is C21H35FO. The van der Waals surface area contributed by atoms with E-state index >= 15 is 0 Å². The molecule has 3 aliphatic carbocycles. The van der Waals surface area contributed by atoms with Crippen LogP contribution in [0.4, 0.5) is 4.39 Å². The highest BCUT2D eigenvalue weighted by atomic mass is 19.1. The summed E-state index contributed by atoms with van der Waals surface area (Å²) in [6.45, 7) is 6.50. The number of alkyl halides is 1. The van der Waals surface area contributed by atoms with Gasteiger partial charge in [-0.05, 0) is 82.0 Å². The molecule has 3 saturated carbocycles. The Morgan fingerprint density at radius 3 is 2.61 bits per heavy atom. The number of allylic oxidation sites excluding steroid dienone is 2. The van der Waals surface area contributed by atoms with Crippen molar-refractivity contribution in [3.05, 3.63) is 11.6 Å². The maximum absolute atomic E-state index is 14.4. The van der Waals surface area contributed by atoms with E-state index in [1.807, 2.05) is 6.92 Å². The van der Waals surface area contributed by atoms with Gasteiger partial charge in [0.05, 0.1) is 5.60 Å². The molecule has 3 fully saturated rings. The minimum absolute atomic E-state index is 0.326. The van der Waals surface area contributed by atoms with Crippen LogP contribution in [-0.2, 0) is 0 Å². The van der Waals surface area contributed by atoms with Crippen LogP contribution in [0.25, 0.3) is 0 Å². The van der Waals surface area contributed by atoms with Crippen molar-refractivity contribution in [2.24, 2.45) is 23.2 Å². The fraction of sp³-hybridized carbons (Fsp3) is 0.905. The molecule has 6 atom stereocenters. The highest BCUT2D eigenvalue weighted by molar-refractivity contribution is 5.22. The third kappa shape index (κ3) is 3.38. The van der Waals surface area contributed by atoms with Crippen molar-refractivity contribution in [3.8, 4) is 0 Å². The number of hydrogen-bond acceptors (Lipinski definition) is 1. The Balaban J connectivity index is 1.78. The second kappa shape index (κ2) is 6.50. The summed E-state index contributed by atoms with van der Waals surface area (Å²) in [5.41, 5.74) is 1.25. The number of fused-ring (bicyclic) bond motifs is 3. The monoisotopic (exact) mass is 322 g/mol. The lowest BCUT2D eigenvalue weighted by Gasteiger charge is -2.48. The van der Waals surface area contributed by atoms with Crippen LogP contribution in [0.5, 0.6) is 0 Å². The second-order valence-corrected chi connectivity index (χ2v) is 9.11. The molecule has 0 heterocycles. The summed E-state index contributed by atoms with van der Waals surface area (Å²) in [5, 5.41) is 10.4. The van der Waals surface area contributed by atoms with E-state index in [2.05, 4.69) is 19.9 Å². The predicted octanol–water partition coefficient (Wildman–Crippen LogP) is 5.82. The maximum Gasteiger partial charge on any atom is 0.103 e. The van der Waals surface area contributed by atoms with E-state index in [-0.39, 0.29) is 0 Å². The third-order valence-corrected chi connectivity index (χ3v) is 7.55. The highest BCUT2D eigenvalue weighted by Crippen LogP contribution is 2.60. The summed E-state index contributed by atoms with van der Waals surface area (Å²) < 4.78 is 14.4. The van der Waals surface area contributed by atoms with Crippen LogP contribution in [0.1, 0.15) is 85.0 Å². The smallest absolute Gasteiger partial charge is 0.103 e. The molecule has 1 N–H and O–H groups in total. The van der Waals surface area contributed by atoms with E-state index in [0.29, 0.717) is 24.2 Å². The molecule has 0 aliphatic heterocycles. The molecule has 0 radical (unpaired) electrons. The summed E-state index contributed by atoms with van der Waals surface area (Å²) >= 11 is 0. The summed E-state index contributed by atoms with van der Waals surface area (Å²) in [7, 11) is 0. The van der Waals surface area contributed by atoms with Gasteiger partial charge in [0.2, 0.25) is 0 Å². The Morgan fingerprint density at radius 1 is 1.09 bits per heavy atom. The summed E-state index contributed by atoms with van der Waals surface area (Å²) in [5.74, 6) is 2.22. The summed E-state index contributed by atoms with van der Waals surface area (Å²) in [6, 6.07) is 0. The summed E-state index contributed by atoms with van der Waals surface area (Å²) in [6.07, 6.45) is 11.8. The molecule has 2 heteroatoms. The Hall–Kier alpha value is -0.370. The molecule has 1 nitrogen and oxygen atoms in total. The lowest BCUT2D eigenvalue weighted by Crippen LogP contribution is -2.40. The van der Waals surface area contributed by atoms with Crippen LogP contribution < -0.4 is 0 Å². The Kier molecular flexibility index (Phi) is 4.93. The lowest BCUT2D eigenvalue weighted by atomic mass is 9.57. The van der Waals surface area contributed by atoms with Crippen molar-refractivity contribution < 1.29 is 9.50 Å². The molecule has 132 valence electrons. The molecule has 2 unspecified atom stereocenters. The zero-order valence-electron chi connectivity index (χ0n) is 15.3. The molecule has 0 saturated heterocycles. The highest BCUT2D eigenvalue weighted by Gasteiger charge is 2.50. The van der Waals surface area contributed by atoms with Gasteiger partial charge in [0.15, 0.2) is 0 Å². The van der Waals surface area contributed by atoms with Gasteiger partial charge in [-0.2, -0.15) is 0 Å². The molecule has 0 amide bonds. The molecule has 0 spiro atoms. The third-order valence-electron chi connectivity index (χ3n) is 7.55. The average Bonchev–Trinajstić information content (AvgIpc) is 2.81. The van der Waals surface area contributed by atoms with Crippen molar-refractivity contribution in [2.45, 2.75) is 96.8 Å². The molecule has 23 heavy (non-hydrogen) atoms. The molecule has 3 rings (SSSR count). The van der Waals surface area contributed by atoms with Gasteiger partial charge in [0, 0.05) is 6.42 Å². The van der Waals surface area contributed by atoms with Gasteiger partial charge >= 0.3 is 0 Å². The van der Waals surface area contributed by atoms with Crippen LogP contribution in [0, 0.1) is 23.2 Å². The van der Waals surface area contributed by atoms with E-state index in [0.717, 1.165) is 31.1 Å². The molecule has 3 aliphatic rings. The Labute approximate surface area is 141 Å². The van der Waals surface area contributed by atoms with E-state index in [4.69, 9.17) is 0 Å². The predicted molar refractivity (Wildman–Crippen MR) is 94.0 cm³/mol. The largest absolute Gasteiger partial charge is 0.390 e. The lowest BCUT2D eigenvalue weighted by molar-refractivity contribution is -0.00777. The van der Waals surface area contributed by atoms with E-state index in [1.54, 1.807) is 5.57 Å². The SMILES string of the molecule is C/C=C1/CCC2[C@@H]3CC[C@@H](F)C[C@](C)(O)CCCC3CC[C@]12C. The number of aliphatic hydroxyl groups is 1. The average molecular weight is 323 g/mol. The second-order valence-electron chi connectivity index (χ2n) is 9.11. The van der Waals surface area contributed by atoms with Gasteiger partial charge in [0.25, 0.3) is 0 Å². The fourth-order valence-corrected chi connectivity index (χ4v) is 6.28. The number of hydrogen-bond donors (Lipinski definition) is 1. The van der Waals surface area contributed by atoms with Crippen LogP contribution >= 0.6 is 0 Å². The standard InChI is InChI=1S/C21H35FO/c1-4-16-7-10-19-18-9-8-17(22)14-20(2,23)12-5-6-15(18)11-13-21(16,19)3/h4,15,17-19,23H,5-14H2,1-3H3/b16-4-/t15?,17-,18-,19?,20-,21-/m1/s1. The normalized spacial score (nSPS) is 50.4. The molecule has 0 aromatic rings. The first-order valence-corrected chi connectivity index (χ1v) is 9.88. The minimum Gasteiger partial charge on any atom is -0.390 e. The van der Waals surface area contributed by atoms with Crippen molar-refractivity contribution in [1.29, 1.82) is 0 Å². The zero-order valence-corrected chi connectivity index (χ0v) is 15.3. The van der Waals surface area contributed by atoms with Gasteiger partial charge in [0.1, 0.15) is 6.17 Å². The number of rotatable bonds is 0. The first-order valence-electron chi connectivity index (χ1n) is 9.88. The van der Waals surface area contributed by atoms with Crippen LogP contribution in [0.3, 0.4) is 0 Å². The van der Waals surface area contributed by atoms with Gasteiger partial charge in [-0.3, -0.25) is 0 Å². The topological polar surface area (TPSA) is 20.2 Å². The quantitative estimate of drug-likeness (QED) is 0.557. The first-order chi connectivity index (χ1) is 10.9.